The molecule has 1 fully saturated rings. The van der Waals surface area contributed by atoms with Crippen LogP contribution in [0.15, 0.2) is 53.7 Å². The number of rotatable bonds is 9. The summed E-state index contributed by atoms with van der Waals surface area (Å²) in [4.78, 5) is 32.1. The third-order valence-corrected chi connectivity index (χ3v) is 8.26. The van der Waals surface area contributed by atoms with Gasteiger partial charge in [-0.05, 0) is 65.5 Å². The quantitative estimate of drug-likeness (QED) is 0.294. The third kappa shape index (κ3) is 5.69. The zero-order valence-electron chi connectivity index (χ0n) is 23.7. The zero-order valence-corrected chi connectivity index (χ0v) is 23.7. The molecule has 0 amide bonds. The summed E-state index contributed by atoms with van der Waals surface area (Å²) in [7, 11) is 0. The summed E-state index contributed by atoms with van der Waals surface area (Å²) in [5.41, 5.74) is 4.51. The van der Waals surface area contributed by atoms with E-state index in [9.17, 15) is 9.59 Å². The number of aryl methyl sites for hydroxylation is 1. The summed E-state index contributed by atoms with van der Waals surface area (Å²) in [6, 6.07) is 9.46. The number of carbonyl (C=O) groups excluding carboxylic acids is 1. The van der Waals surface area contributed by atoms with Gasteiger partial charge in [-0.1, -0.05) is 64.3 Å². The number of tetrazole rings is 1. The van der Waals surface area contributed by atoms with E-state index in [-0.39, 0.29) is 17.4 Å². The summed E-state index contributed by atoms with van der Waals surface area (Å²) in [5, 5.41) is 14.7. The monoisotopic (exact) mass is 541 g/mol. The van der Waals surface area contributed by atoms with Gasteiger partial charge in [0.15, 0.2) is 5.78 Å². The summed E-state index contributed by atoms with van der Waals surface area (Å²) in [6.45, 7) is 6.87. The molecule has 9 heteroatoms. The van der Waals surface area contributed by atoms with Gasteiger partial charge >= 0.3 is 5.69 Å². The van der Waals surface area contributed by atoms with E-state index in [0.717, 1.165) is 72.9 Å². The van der Waals surface area contributed by atoms with Crippen molar-refractivity contribution in [2.24, 2.45) is 11.8 Å². The van der Waals surface area contributed by atoms with Crippen molar-refractivity contribution in [3.05, 3.63) is 70.7 Å². The fourth-order valence-electron chi connectivity index (χ4n) is 6.11. The fourth-order valence-corrected chi connectivity index (χ4v) is 6.11. The lowest BCUT2D eigenvalue weighted by Gasteiger charge is -2.31. The molecule has 3 heterocycles. The molecule has 0 aliphatic heterocycles. The maximum absolute atomic E-state index is 14.2. The Morgan fingerprint density at radius 3 is 2.62 bits per heavy atom. The smallest absolute Gasteiger partial charge is 0.297 e. The molecule has 0 saturated heterocycles. The number of benzene rings is 1. The number of nitrogens with zero attached hydrogens (tertiary/aromatic N) is 6. The average molecular weight is 542 g/mol. The van der Waals surface area contributed by atoms with Crippen molar-refractivity contribution in [2.45, 2.75) is 84.7 Å². The van der Waals surface area contributed by atoms with Crippen molar-refractivity contribution in [3.8, 4) is 22.5 Å². The highest BCUT2D eigenvalue weighted by molar-refractivity contribution is 5.83. The maximum Gasteiger partial charge on any atom is 0.329 e. The minimum Gasteiger partial charge on any atom is -0.297 e. The first-order chi connectivity index (χ1) is 19.5. The molecule has 1 aliphatic carbocycles. The molecule has 5 rings (SSSR count). The molecule has 3 aromatic heterocycles. The molecule has 0 bridgehead atoms. The molecule has 1 aliphatic rings. The van der Waals surface area contributed by atoms with Crippen LogP contribution < -0.4 is 5.69 Å². The highest BCUT2D eigenvalue weighted by Crippen LogP contribution is 2.35. The van der Waals surface area contributed by atoms with Crippen molar-refractivity contribution in [2.75, 3.05) is 0 Å². The molecule has 0 spiro atoms. The summed E-state index contributed by atoms with van der Waals surface area (Å²) in [6.07, 6.45) is 12.9. The Balaban J connectivity index is 1.59. The first-order valence-electron chi connectivity index (χ1n) is 14.6. The van der Waals surface area contributed by atoms with E-state index in [0.29, 0.717) is 24.7 Å². The molecule has 1 N–H and O–H groups in total. The van der Waals surface area contributed by atoms with E-state index in [1.54, 1.807) is 10.8 Å². The molecule has 4 aromatic rings. The standard InChI is InChI=1S/C31H39N7O2/c1-4-5-11-23-20-38(29-24(21(2)3)12-7-6-8-15-28(29)39)31(40)37(23)19-22-18-32-17-16-25(22)26-13-9-10-14-27(26)30-33-35-36-34-30/h9-10,13-14,16-18,20-21,24,29H,4-8,11-12,15,19H2,1-3H3,(H,33,34,35,36). The van der Waals surface area contributed by atoms with Crippen molar-refractivity contribution in [1.82, 2.24) is 34.7 Å². The molecule has 1 saturated carbocycles. The normalized spacial score (nSPS) is 18.1. The van der Waals surface area contributed by atoms with Crippen LogP contribution in [0, 0.1) is 11.8 Å². The lowest BCUT2D eigenvalue weighted by atomic mass is 9.79. The number of hydrogen-bond donors (Lipinski definition) is 1. The van der Waals surface area contributed by atoms with Crippen LogP contribution in [0.4, 0.5) is 0 Å². The Labute approximate surface area is 235 Å². The number of pyridine rings is 1. The van der Waals surface area contributed by atoms with Gasteiger partial charge in [0.2, 0.25) is 5.82 Å². The number of ketones is 1. The number of Topliss-reactive ketones (excluding diaryl/α,β-unsaturated/α-hetero) is 1. The molecule has 0 radical (unpaired) electrons. The molecule has 2 unspecified atom stereocenters. The van der Waals surface area contributed by atoms with Crippen LogP contribution in [0.3, 0.4) is 0 Å². The van der Waals surface area contributed by atoms with Gasteiger partial charge in [-0.3, -0.25) is 18.9 Å². The zero-order chi connectivity index (χ0) is 28.1. The lowest BCUT2D eigenvalue weighted by molar-refractivity contribution is -0.125. The van der Waals surface area contributed by atoms with Gasteiger partial charge in [0.05, 0.1) is 12.6 Å². The number of imidazole rings is 1. The number of carbonyl (C=O) groups is 1. The third-order valence-electron chi connectivity index (χ3n) is 8.26. The van der Waals surface area contributed by atoms with Gasteiger partial charge in [0.25, 0.3) is 0 Å². The molecule has 1 aromatic carbocycles. The molecular formula is C31H39N7O2. The average Bonchev–Trinajstić information content (AvgIpc) is 3.59. The van der Waals surface area contributed by atoms with Crippen LogP contribution in [-0.4, -0.2) is 40.5 Å². The topological polar surface area (TPSA) is 111 Å². The molecule has 210 valence electrons. The molecule has 40 heavy (non-hydrogen) atoms. The van der Waals surface area contributed by atoms with E-state index >= 15 is 0 Å². The van der Waals surface area contributed by atoms with E-state index in [2.05, 4.69) is 46.4 Å². The molecular weight excluding hydrogens is 502 g/mol. The van der Waals surface area contributed by atoms with Crippen LogP contribution in [-0.2, 0) is 17.8 Å². The van der Waals surface area contributed by atoms with Crippen LogP contribution in [0.2, 0.25) is 0 Å². The van der Waals surface area contributed by atoms with Crippen molar-refractivity contribution in [1.29, 1.82) is 0 Å². The minimum atomic E-state index is -0.415. The number of aromatic nitrogens is 7. The van der Waals surface area contributed by atoms with Crippen LogP contribution in [0.1, 0.15) is 83.0 Å². The van der Waals surface area contributed by atoms with Gasteiger partial charge in [0, 0.05) is 36.3 Å². The summed E-state index contributed by atoms with van der Waals surface area (Å²) in [5.74, 6) is 1.16. The molecule has 9 nitrogen and oxygen atoms in total. The first kappa shape index (κ1) is 27.7. The van der Waals surface area contributed by atoms with Crippen molar-refractivity contribution in [3.63, 3.8) is 0 Å². The number of unbranched alkanes of at least 4 members (excludes halogenated alkanes) is 1. The van der Waals surface area contributed by atoms with Crippen LogP contribution in [0.5, 0.6) is 0 Å². The van der Waals surface area contributed by atoms with Crippen molar-refractivity contribution < 1.29 is 4.79 Å². The van der Waals surface area contributed by atoms with Crippen LogP contribution >= 0.6 is 0 Å². The Hall–Kier alpha value is -3.88. The van der Waals surface area contributed by atoms with Gasteiger partial charge in [-0.25, -0.2) is 4.79 Å². The number of hydrogen-bond acceptors (Lipinski definition) is 6. The summed E-state index contributed by atoms with van der Waals surface area (Å²) < 4.78 is 3.63. The lowest BCUT2D eigenvalue weighted by Crippen LogP contribution is -2.38. The van der Waals surface area contributed by atoms with Crippen LogP contribution in [0.25, 0.3) is 22.5 Å². The molecule has 2 atom stereocenters. The number of nitrogens with one attached hydrogen (secondary N) is 1. The predicted molar refractivity (Wildman–Crippen MR) is 155 cm³/mol. The second-order valence-electron chi connectivity index (χ2n) is 11.2. The SMILES string of the molecule is CCCCc1cn(C2C(=O)CCCCCC2C(C)C)c(=O)n1Cc1cnccc1-c1ccccc1-c1nn[nH]n1. The van der Waals surface area contributed by atoms with Gasteiger partial charge in [-0.2, -0.15) is 5.21 Å². The fraction of sp³-hybridized carbons (Fsp3) is 0.484. The maximum atomic E-state index is 14.2. The highest BCUT2D eigenvalue weighted by Gasteiger charge is 2.34. The van der Waals surface area contributed by atoms with E-state index in [1.807, 2.05) is 47.3 Å². The Bertz CT molecular complexity index is 1490. The number of aromatic amines is 1. The second-order valence-corrected chi connectivity index (χ2v) is 11.2. The summed E-state index contributed by atoms with van der Waals surface area (Å²) >= 11 is 0. The van der Waals surface area contributed by atoms with Crippen molar-refractivity contribution >= 4 is 5.78 Å². The first-order valence-corrected chi connectivity index (χ1v) is 14.6. The van der Waals surface area contributed by atoms with Gasteiger partial charge in [0.1, 0.15) is 0 Å². The largest absolute Gasteiger partial charge is 0.329 e. The van der Waals surface area contributed by atoms with E-state index in [4.69, 9.17) is 0 Å². The Morgan fingerprint density at radius 1 is 1.05 bits per heavy atom. The Kier molecular flexibility index (Phi) is 8.67. The predicted octanol–water partition coefficient (Wildman–Crippen LogP) is 5.63. The van der Waals surface area contributed by atoms with E-state index in [1.165, 1.54) is 0 Å². The van der Waals surface area contributed by atoms with Gasteiger partial charge < -0.3 is 0 Å². The Morgan fingerprint density at radius 2 is 1.88 bits per heavy atom. The number of H-pyrrole nitrogens is 1. The second kappa shape index (κ2) is 12.5. The minimum absolute atomic E-state index is 0.114. The van der Waals surface area contributed by atoms with E-state index < -0.39 is 6.04 Å². The van der Waals surface area contributed by atoms with Gasteiger partial charge in [-0.15, -0.1) is 10.2 Å². The highest BCUT2D eigenvalue weighted by atomic mass is 16.2.